The van der Waals surface area contributed by atoms with Gasteiger partial charge in [0.25, 0.3) is 10.0 Å². The van der Waals surface area contributed by atoms with Gasteiger partial charge in [-0.25, -0.2) is 8.42 Å². The highest BCUT2D eigenvalue weighted by Gasteiger charge is 2.42. The van der Waals surface area contributed by atoms with Gasteiger partial charge in [-0.15, -0.1) is 11.3 Å². The molecule has 2 bridgehead atoms. The first-order valence-electron chi connectivity index (χ1n) is 6.38. The molecule has 0 radical (unpaired) electrons. The van der Waals surface area contributed by atoms with Crippen LogP contribution in [0.4, 0.5) is 0 Å². The Hall–Kier alpha value is -0.100. The third-order valence-corrected chi connectivity index (χ3v) is 7.65. The minimum atomic E-state index is -3.33. The summed E-state index contributed by atoms with van der Waals surface area (Å²) in [6.45, 7) is 0. The summed E-state index contributed by atoms with van der Waals surface area (Å²) in [4.78, 5) is 0. The van der Waals surface area contributed by atoms with E-state index in [1.165, 1.54) is 0 Å². The fraction of sp³-hybridized carbons (Fsp3) is 0.667. The van der Waals surface area contributed by atoms with E-state index in [1.54, 1.807) is 16.4 Å². The van der Waals surface area contributed by atoms with E-state index in [9.17, 15) is 8.42 Å². The van der Waals surface area contributed by atoms with E-state index in [2.05, 4.69) is 0 Å². The smallest absolute Gasteiger partial charge is 0.206 e. The van der Waals surface area contributed by atoms with Crippen LogP contribution in [0.3, 0.4) is 0 Å². The monoisotopic (exact) mass is 305 g/mol. The van der Waals surface area contributed by atoms with Gasteiger partial charge in [-0.3, -0.25) is 0 Å². The van der Waals surface area contributed by atoms with E-state index >= 15 is 0 Å². The van der Waals surface area contributed by atoms with Crippen LogP contribution in [0.1, 0.15) is 38.5 Å². The molecular weight excluding hydrogens is 290 g/mol. The molecule has 2 aliphatic rings. The normalized spacial score (nSPS) is 29.4. The maximum atomic E-state index is 12.7. The molecule has 0 unspecified atom stereocenters. The quantitative estimate of drug-likeness (QED) is 0.838. The minimum absolute atomic E-state index is 0.211. The number of fused-ring (bicyclic) bond motifs is 2. The predicted molar refractivity (Wildman–Crippen MR) is 73.6 cm³/mol. The molecule has 0 amide bonds. The molecule has 0 atom stereocenters. The molecule has 0 spiro atoms. The molecule has 1 aromatic heterocycles. The fourth-order valence-electron chi connectivity index (χ4n) is 3.21. The SMILES string of the molecule is O=S(=O)(c1ccc(Cl)s1)N1C2CCCC1CCC2. The van der Waals surface area contributed by atoms with Gasteiger partial charge in [-0.1, -0.05) is 24.4 Å². The largest absolute Gasteiger partial charge is 0.253 e. The molecular formula is C12H16ClNO2S2. The van der Waals surface area contributed by atoms with Gasteiger partial charge in [0.1, 0.15) is 4.21 Å². The van der Waals surface area contributed by atoms with Crippen LogP contribution in [0.15, 0.2) is 16.3 Å². The van der Waals surface area contributed by atoms with E-state index in [0.29, 0.717) is 8.55 Å². The summed E-state index contributed by atoms with van der Waals surface area (Å²) in [5.74, 6) is 0. The van der Waals surface area contributed by atoms with Crippen molar-refractivity contribution in [2.75, 3.05) is 0 Å². The molecule has 0 saturated carbocycles. The van der Waals surface area contributed by atoms with E-state index in [0.717, 1.165) is 49.9 Å². The number of hydrogen-bond donors (Lipinski definition) is 0. The molecule has 6 heteroatoms. The van der Waals surface area contributed by atoms with Crippen molar-refractivity contribution in [2.24, 2.45) is 0 Å². The summed E-state index contributed by atoms with van der Waals surface area (Å²) in [5.41, 5.74) is 0. The van der Waals surface area contributed by atoms with Crippen molar-refractivity contribution in [2.45, 2.75) is 54.8 Å². The third kappa shape index (κ3) is 2.11. The lowest BCUT2D eigenvalue weighted by molar-refractivity contribution is 0.124. The Morgan fingerprint density at radius 2 is 1.67 bits per heavy atom. The number of nitrogens with zero attached hydrogens (tertiary/aromatic N) is 1. The topological polar surface area (TPSA) is 37.4 Å². The van der Waals surface area contributed by atoms with Crippen molar-refractivity contribution in [3.05, 3.63) is 16.5 Å². The third-order valence-electron chi connectivity index (χ3n) is 3.95. The van der Waals surface area contributed by atoms with Crippen LogP contribution in [-0.2, 0) is 10.0 Å². The maximum Gasteiger partial charge on any atom is 0.253 e. The van der Waals surface area contributed by atoms with Crippen molar-refractivity contribution in [1.29, 1.82) is 0 Å². The van der Waals surface area contributed by atoms with Gasteiger partial charge >= 0.3 is 0 Å². The Morgan fingerprint density at radius 3 is 2.11 bits per heavy atom. The first kappa shape index (κ1) is 12.9. The number of sulfonamides is 1. The zero-order chi connectivity index (χ0) is 12.8. The molecule has 3 heterocycles. The molecule has 3 nitrogen and oxygen atoms in total. The van der Waals surface area contributed by atoms with E-state index in [-0.39, 0.29) is 12.1 Å². The summed E-state index contributed by atoms with van der Waals surface area (Å²) in [6.07, 6.45) is 6.35. The van der Waals surface area contributed by atoms with Gasteiger partial charge < -0.3 is 0 Å². The lowest BCUT2D eigenvalue weighted by atomic mass is 9.87. The highest BCUT2D eigenvalue weighted by molar-refractivity contribution is 7.91. The van der Waals surface area contributed by atoms with Gasteiger partial charge in [-0.05, 0) is 37.8 Å². The minimum Gasteiger partial charge on any atom is -0.206 e. The second-order valence-corrected chi connectivity index (χ2v) is 8.85. The molecule has 1 aromatic rings. The molecule has 2 aliphatic heterocycles. The first-order valence-corrected chi connectivity index (χ1v) is 9.01. The van der Waals surface area contributed by atoms with Crippen LogP contribution in [0.5, 0.6) is 0 Å². The lowest BCUT2D eigenvalue weighted by Gasteiger charge is -2.44. The Kier molecular flexibility index (Phi) is 3.43. The Labute approximate surface area is 117 Å². The van der Waals surface area contributed by atoms with Crippen molar-refractivity contribution in [3.8, 4) is 0 Å². The average molecular weight is 306 g/mol. The number of hydrogen-bond acceptors (Lipinski definition) is 3. The molecule has 2 saturated heterocycles. The maximum absolute atomic E-state index is 12.7. The highest BCUT2D eigenvalue weighted by Crippen LogP contribution is 2.39. The highest BCUT2D eigenvalue weighted by atomic mass is 35.5. The number of thiophene rings is 1. The zero-order valence-corrected chi connectivity index (χ0v) is 12.4. The summed E-state index contributed by atoms with van der Waals surface area (Å²) in [7, 11) is -3.33. The fourth-order valence-corrected chi connectivity index (χ4v) is 6.72. The van der Waals surface area contributed by atoms with Crippen molar-refractivity contribution in [3.63, 3.8) is 0 Å². The molecule has 100 valence electrons. The van der Waals surface area contributed by atoms with Crippen LogP contribution in [0, 0.1) is 0 Å². The second-order valence-electron chi connectivity index (χ2n) is 5.06. The van der Waals surface area contributed by atoms with E-state index < -0.39 is 10.0 Å². The van der Waals surface area contributed by atoms with Crippen LogP contribution in [-0.4, -0.2) is 24.8 Å². The van der Waals surface area contributed by atoms with Crippen LogP contribution >= 0.6 is 22.9 Å². The number of piperidine rings is 2. The van der Waals surface area contributed by atoms with Crippen LogP contribution in [0.2, 0.25) is 4.34 Å². The Morgan fingerprint density at radius 1 is 1.11 bits per heavy atom. The van der Waals surface area contributed by atoms with Gasteiger partial charge in [-0.2, -0.15) is 4.31 Å². The molecule has 0 aromatic carbocycles. The predicted octanol–water partition coefficient (Wildman–Crippen LogP) is 3.50. The van der Waals surface area contributed by atoms with Crippen molar-refractivity contribution >= 4 is 33.0 Å². The Balaban J connectivity index is 1.98. The molecule has 0 aliphatic carbocycles. The molecule has 3 rings (SSSR count). The number of halogens is 1. The van der Waals surface area contributed by atoms with E-state index in [4.69, 9.17) is 11.6 Å². The van der Waals surface area contributed by atoms with Gasteiger partial charge in [0.15, 0.2) is 0 Å². The van der Waals surface area contributed by atoms with Crippen molar-refractivity contribution < 1.29 is 8.42 Å². The summed E-state index contributed by atoms with van der Waals surface area (Å²) >= 11 is 7.02. The lowest BCUT2D eigenvalue weighted by Crippen LogP contribution is -2.52. The van der Waals surface area contributed by atoms with Gasteiger partial charge in [0.2, 0.25) is 0 Å². The summed E-state index contributed by atoms with van der Waals surface area (Å²) in [5, 5.41) is 0. The van der Waals surface area contributed by atoms with E-state index in [1.807, 2.05) is 0 Å². The standard InChI is InChI=1S/C12H16ClNO2S2/c13-11-7-8-12(17-11)18(15,16)14-9-3-1-4-10(14)6-2-5-9/h7-10H,1-6H2. The van der Waals surface area contributed by atoms with Crippen molar-refractivity contribution in [1.82, 2.24) is 4.31 Å². The summed E-state index contributed by atoms with van der Waals surface area (Å²) < 4.78 is 28.1. The Bertz CT molecular complexity index is 518. The number of rotatable bonds is 2. The summed E-state index contributed by atoms with van der Waals surface area (Å²) in [6, 6.07) is 3.72. The molecule has 0 N–H and O–H groups in total. The van der Waals surface area contributed by atoms with Gasteiger partial charge in [0.05, 0.1) is 4.34 Å². The average Bonchev–Trinajstić information content (AvgIpc) is 2.75. The van der Waals surface area contributed by atoms with Crippen LogP contribution in [0.25, 0.3) is 0 Å². The molecule has 18 heavy (non-hydrogen) atoms. The zero-order valence-electron chi connectivity index (χ0n) is 10.0. The second kappa shape index (κ2) is 4.78. The first-order chi connectivity index (χ1) is 8.59. The van der Waals surface area contributed by atoms with Gasteiger partial charge in [0, 0.05) is 12.1 Å². The van der Waals surface area contributed by atoms with Crippen LogP contribution < -0.4 is 0 Å². The molecule has 2 fully saturated rings.